The molecule has 0 aliphatic rings. The van der Waals surface area contributed by atoms with Crippen LogP contribution in [0.15, 0.2) is 29.4 Å². The summed E-state index contributed by atoms with van der Waals surface area (Å²) in [6, 6.07) is 6.28. The molecule has 0 atom stereocenters. The molecule has 1 aromatic rings. The molecule has 5 nitrogen and oxygen atoms in total. The first kappa shape index (κ1) is 12.2. The van der Waals surface area contributed by atoms with Crippen LogP contribution in [-0.2, 0) is 4.84 Å². The van der Waals surface area contributed by atoms with Gasteiger partial charge in [0.25, 0.3) is 0 Å². The molecule has 0 aromatic heterocycles. The predicted molar refractivity (Wildman–Crippen MR) is 59.8 cm³/mol. The lowest BCUT2D eigenvalue weighted by atomic mass is 10.1. The average molecular weight is 241 g/mol. The SMILES string of the molecule is CNC(=O)ON=CC(=O)c1ccc(Cl)cc1. The zero-order valence-electron chi connectivity index (χ0n) is 8.44. The van der Waals surface area contributed by atoms with E-state index in [1.807, 2.05) is 0 Å². The van der Waals surface area contributed by atoms with Gasteiger partial charge in [-0.2, -0.15) is 0 Å². The van der Waals surface area contributed by atoms with Gasteiger partial charge in [-0.1, -0.05) is 16.8 Å². The minimum Gasteiger partial charge on any atom is -0.323 e. The third kappa shape index (κ3) is 3.70. The number of halogens is 1. The van der Waals surface area contributed by atoms with Crippen LogP contribution in [0.25, 0.3) is 0 Å². The molecule has 0 spiro atoms. The Kier molecular flexibility index (Phi) is 4.47. The van der Waals surface area contributed by atoms with Crippen molar-refractivity contribution in [3.63, 3.8) is 0 Å². The van der Waals surface area contributed by atoms with Crippen LogP contribution >= 0.6 is 11.6 Å². The van der Waals surface area contributed by atoms with Crippen molar-refractivity contribution >= 4 is 29.7 Å². The van der Waals surface area contributed by atoms with Gasteiger partial charge in [-0.25, -0.2) is 4.79 Å². The Morgan fingerprint density at radius 1 is 1.38 bits per heavy atom. The Morgan fingerprint density at radius 2 is 2.00 bits per heavy atom. The predicted octanol–water partition coefficient (Wildman–Crippen LogP) is 1.86. The van der Waals surface area contributed by atoms with Crippen LogP contribution < -0.4 is 5.32 Å². The van der Waals surface area contributed by atoms with Crippen LogP contribution in [0.1, 0.15) is 10.4 Å². The molecule has 0 radical (unpaired) electrons. The fraction of sp³-hybridized carbons (Fsp3) is 0.100. The molecule has 1 amide bonds. The number of ketones is 1. The maximum absolute atomic E-state index is 11.4. The highest BCUT2D eigenvalue weighted by molar-refractivity contribution is 6.35. The minimum atomic E-state index is -0.736. The number of carbonyl (C=O) groups is 2. The maximum atomic E-state index is 11.4. The Bertz CT molecular complexity index is 415. The van der Waals surface area contributed by atoms with Crippen molar-refractivity contribution in [3.05, 3.63) is 34.9 Å². The number of amides is 1. The van der Waals surface area contributed by atoms with Gasteiger partial charge >= 0.3 is 6.09 Å². The van der Waals surface area contributed by atoms with Gasteiger partial charge in [0.1, 0.15) is 6.21 Å². The number of nitrogens with one attached hydrogen (secondary N) is 1. The van der Waals surface area contributed by atoms with E-state index in [1.165, 1.54) is 7.05 Å². The number of hydrogen-bond acceptors (Lipinski definition) is 4. The molecule has 1 N–H and O–H groups in total. The molecule has 0 fully saturated rings. The van der Waals surface area contributed by atoms with Crippen LogP contribution in [0.5, 0.6) is 0 Å². The molecule has 1 rings (SSSR count). The molecule has 16 heavy (non-hydrogen) atoms. The van der Waals surface area contributed by atoms with Crippen molar-refractivity contribution in [2.45, 2.75) is 0 Å². The van der Waals surface area contributed by atoms with E-state index < -0.39 is 6.09 Å². The Hall–Kier alpha value is -1.88. The van der Waals surface area contributed by atoms with E-state index in [0.29, 0.717) is 10.6 Å². The normalized spacial score (nSPS) is 10.1. The standard InChI is InChI=1S/C10H9ClN2O3/c1-12-10(15)16-13-6-9(14)7-2-4-8(11)5-3-7/h2-6H,1H3,(H,12,15). The molecule has 0 heterocycles. The van der Waals surface area contributed by atoms with E-state index in [4.69, 9.17) is 11.6 Å². The van der Waals surface area contributed by atoms with Crippen LogP contribution in [0.2, 0.25) is 5.02 Å². The van der Waals surface area contributed by atoms with E-state index in [9.17, 15) is 9.59 Å². The quantitative estimate of drug-likeness (QED) is 0.380. The molecular formula is C10H9ClN2O3. The average Bonchev–Trinajstić information content (AvgIpc) is 2.29. The molecule has 6 heteroatoms. The van der Waals surface area contributed by atoms with E-state index in [1.54, 1.807) is 24.3 Å². The lowest BCUT2D eigenvalue weighted by Gasteiger charge is -1.95. The first-order valence-electron chi connectivity index (χ1n) is 4.35. The fourth-order valence-corrected chi connectivity index (χ4v) is 0.982. The number of hydrogen-bond donors (Lipinski definition) is 1. The third-order valence-corrected chi connectivity index (χ3v) is 1.89. The summed E-state index contributed by atoms with van der Waals surface area (Å²) in [5, 5.41) is 5.94. The lowest BCUT2D eigenvalue weighted by molar-refractivity contribution is 0.106. The van der Waals surface area contributed by atoms with Gasteiger partial charge in [0, 0.05) is 17.6 Å². The molecule has 0 unspecified atom stereocenters. The molecule has 1 aromatic carbocycles. The second kappa shape index (κ2) is 5.87. The summed E-state index contributed by atoms with van der Waals surface area (Å²) in [5.74, 6) is -0.374. The highest BCUT2D eigenvalue weighted by Gasteiger charge is 2.02. The second-order valence-electron chi connectivity index (χ2n) is 2.73. The smallest absolute Gasteiger partial charge is 0.323 e. The first-order chi connectivity index (χ1) is 7.63. The monoisotopic (exact) mass is 240 g/mol. The Morgan fingerprint density at radius 3 is 2.56 bits per heavy atom. The summed E-state index contributed by atoms with van der Waals surface area (Å²) in [5.41, 5.74) is 0.411. The zero-order chi connectivity index (χ0) is 12.0. The number of carbonyl (C=O) groups excluding carboxylic acids is 2. The zero-order valence-corrected chi connectivity index (χ0v) is 9.19. The van der Waals surface area contributed by atoms with Gasteiger partial charge in [0.2, 0.25) is 5.78 Å². The molecule has 0 bridgehead atoms. The summed E-state index contributed by atoms with van der Waals surface area (Å²) in [6.45, 7) is 0. The van der Waals surface area contributed by atoms with Crippen molar-refractivity contribution in [2.24, 2.45) is 5.16 Å². The summed E-state index contributed by atoms with van der Waals surface area (Å²) < 4.78 is 0. The third-order valence-electron chi connectivity index (χ3n) is 1.64. The Balaban J connectivity index is 2.59. The van der Waals surface area contributed by atoms with Crippen LogP contribution in [0.4, 0.5) is 4.79 Å². The van der Waals surface area contributed by atoms with Gasteiger partial charge in [0.05, 0.1) is 0 Å². The first-order valence-corrected chi connectivity index (χ1v) is 4.73. The molecule has 84 valence electrons. The van der Waals surface area contributed by atoms with Gasteiger partial charge in [0.15, 0.2) is 0 Å². The van der Waals surface area contributed by atoms with Gasteiger partial charge in [-0.15, -0.1) is 0 Å². The fourth-order valence-electron chi connectivity index (χ4n) is 0.856. The minimum absolute atomic E-state index is 0.374. The Labute approximate surface area is 97.0 Å². The van der Waals surface area contributed by atoms with Crippen molar-refractivity contribution in [2.75, 3.05) is 7.05 Å². The van der Waals surface area contributed by atoms with E-state index in [-0.39, 0.29) is 5.78 Å². The summed E-state index contributed by atoms with van der Waals surface area (Å²) in [4.78, 5) is 26.3. The molecule has 0 aliphatic heterocycles. The topological polar surface area (TPSA) is 67.8 Å². The van der Waals surface area contributed by atoms with Gasteiger partial charge in [-0.05, 0) is 24.3 Å². The van der Waals surface area contributed by atoms with E-state index in [0.717, 1.165) is 6.21 Å². The van der Waals surface area contributed by atoms with Crippen LogP contribution in [-0.4, -0.2) is 25.1 Å². The lowest BCUT2D eigenvalue weighted by Crippen LogP contribution is -2.17. The highest BCUT2D eigenvalue weighted by Crippen LogP contribution is 2.09. The van der Waals surface area contributed by atoms with Crippen LogP contribution in [0.3, 0.4) is 0 Å². The second-order valence-corrected chi connectivity index (χ2v) is 3.17. The summed E-state index contributed by atoms with van der Waals surface area (Å²) in [6.07, 6.45) is 0.179. The molecule has 0 aliphatic carbocycles. The number of oxime groups is 1. The molecule has 0 saturated carbocycles. The highest BCUT2D eigenvalue weighted by atomic mass is 35.5. The van der Waals surface area contributed by atoms with Crippen LogP contribution in [0, 0.1) is 0 Å². The van der Waals surface area contributed by atoms with Crippen molar-refractivity contribution in [3.8, 4) is 0 Å². The van der Waals surface area contributed by atoms with Crippen molar-refractivity contribution < 1.29 is 14.4 Å². The van der Waals surface area contributed by atoms with Gasteiger partial charge < -0.3 is 5.32 Å². The number of benzene rings is 1. The molecular weight excluding hydrogens is 232 g/mol. The van der Waals surface area contributed by atoms with E-state index >= 15 is 0 Å². The van der Waals surface area contributed by atoms with Crippen molar-refractivity contribution in [1.82, 2.24) is 5.32 Å². The summed E-state index contributed by atoms with van der Waals surface area (Å²) >= 11 is 5.66. The summed E-state index contributed by atoms with van der Waals surface area (Å²) in [7, 11) is 1.39. The maximum Gasteiger partial charge on any atom is 0.433 e. The number of Topliss-reactive ketones (excluding diaryl/α,β-unsaturated/α-hetero) is 1. The number of nitrogens with zero attached hydrogens (tertiary/aromatic N) is 1. The van der Waals surface area contributed by atoms with Gasteiger partial charge in [-0.3, -0.25) is 9.63 Å². The number of rotatable bonds is 3. The van der Waals surface area contributed by atoms with E-state index in [2.05, 4.69) is 15.3 Å². The molecule has 0 saturated heterocycles. The van der Waals surface area contributed by atoms with Crippen molar-refractivity contribution in [1.29, 1.82) is 0 Å². The largest absolute Gasteiger partial charge is 0.433 e.